The molecule has 0 saturated heterocycles. The average molecular weight is 318 g/mol. The van der Waals surface area contributed by atoms with Crippen LogP contribution in [0.2, 0.25) is 5.15 Å². The molecule has 0 radical (unpaired) electrons. The van der Waals surface area contributed by atoms with Crippen molar-refractivity contribution in [2.45, 2.75) is 12.8 Å². The lowest BCUT2D eigenvalue weighted by molar-refractivity contribution is -0.117. The molecule has 1 aromatic carbocycles. The fourth-order valence-corrected chi connectivity index (χ4v) is 2.46. The van der Waals surface area contributed by atoms with Gasteiger partial charge in [-0.2, -0.15) is 0 Å². The van der Waals surface area contributed by atoms with Crippen molar-refractivity contribution in [1.82, 2.24) is 10.2 Å². The Morgan fingerprint density at radius 3 is 2.82 bits per heavy atom. The second-order valence-corrected chi connectivity index (χ2v) is 5.65. The minimum Gasteiger partial charge on any atom is -0.454 e. The molecule has 1 amide bonds. The smallest absolute Gasteiger partial charge is 0.231 e. The fourth-order valence-electron chi connectivity index (χ4n) is 2.31. The number of carbonyl (C=O) groups excluding carboxylic acids is 1. The third kappa shape index (κ3) is 2.46. The van der Waals surface area contributed by atoms with Crippen LogP contribution in [0, 0.1) is 5.92 Å². The van der Waals surface area contributed by atoms with Crippen LogP contribution in [0.4, 0.5) is 5.82 Å². The number of nitrogens with one attached hydrogen (secondary N) is 1. The number of halogens is 1. The monoisotopic (exact) mass is 317 g/mol. The molecule has 22 heavy (non-hydrogen) atoms. The van der Waals surface area contributed by atoms with Gasteiger partial charge in [0.2, 0.25) is 12.7 Å². The predicted molar refractivity (Wildman–Crippen MR) is 80.0 cm³/mol. The van der Waals surface area contributed by atoms with Gasteiger partial charge < -0.3 is 14.8 Å². The van der Waals surface area contributed by atoms with Crippen LogP contribution in [-0.4, -0.2) is 22.9 Å². The first kappa shape index (κ1) is 13.3. The first-order chi connectivity index (χ1) is 10.7. The van der Waals surface area contributed by atoms with E-state index >= 15 is 0 Å². The Bertz CT molecular complexity index is 762. The Kier molecular flexibility index (Phi) is 3.11. The normalized spacial score (nSPS) is 15.7. The van der Waals surface area contributed by atoms with Crippen molar-refractivity contribution in [2.75, 3.05) is 12.1 Å². The number of hydrogen-bond acceptors (Lipinski definition) is 5. The van der Waals surface area contributed by atoms with E-state index in [0.29, 0.717) is 22.9 Å². The van der Waals surface area contributed by atoms with Crippen molar-refractivity contribution < 1.29 is 14.3 Å². The summed E-state index contributed by atoms with van der Waals surface area (Å²) < 4.78 is 10.7. The van der Waals surface area contributed by atoms with E-state index in [1.54, 1.807) is 6.07 Å². The van der Waals surface area contributed by atoms with Crippen LogP contribution in [0.1, 0.15) is 12.8 Å². The predicted octanol–water partition coefficient (Wildman–Crippen LogP) is 2.87. The van der Waals surface area contributed by atoms with Crippen molar-refractivity contribution in [2.24, 2.45) is 5.92 Å². The van der Waals surface area contributed by atoms with Crippen LogP contribution in [0.15, 0.2) is 24.3 Å². The van der Waals surface area contributed by atoms with E-state index in [0.717, 1.165) is 18.4 Å². The summed E-state index contributed by atoms with van der Waals surface area (Å²) in [5.41, 5.74) is 1.53. The largest absolute Gasteiger partial charge is 0.454 e. The fraction of sp³-hybridized carbons (Fsp3) is 0.267. The van der Waals surface area contributed by atoms with Crippen LogP contribution < -0.4 is 14.8 Å². The minimum atomic E-state index is -0.0291. The molecule has 2 heterocycles. The summed E-state index contributed by atoms with van der Waals surface area (Å²) in [6, 6.07) is 7.20. The van der Waals surface area contributed by atoms with Gasteiger partial charge >= 0.3 is 0 Å². The lowest BCUT2D eigenvalue weighted by Gasteiger charge is -2.10. The van der Waals surface area contributed by atoms with Gasteiger partial charge in [0.15, 0.2) is 22.5 Å². The van der Waals surface area contributed by atoms with E-state index < -0.39 is 0 Å². The highest BCUT2D eigenvalue weighted by molar-refractivity contribution is 6.29. The van der Waals surface area contributed by atoms with E-state index in [2.05, 4.69) is 15.5 Å². The second-order valence-electron chi connectivity index (χ2n) is 5.26. The third-order valence-electron chi connectivity index (χ3n) is 3.64. The maximum Gasteiger partial charge on any atom is 0.231 e. The number of carbonyl (C=O) groups is 1. The standard InChI is InChI=1S/C15H12ClN3O3/c16-13-6-10(9-3-4-11-12(5-9)22-7-21-11)14(19-18-13)17-15(20)8-1-2-8/h3-6,8H,1-2,7H2,(H,17,19,20). The van der Waals surface area contributed by atoms with Crippen molar-refractivity contribution in [1.29, 1.82) is 0 Å². The molecule has 4 rings (SSSR count). The number of rotatable bonds is 3. The zero-order valence-electron chi connectivity index (χ0n) is 11.5. The SMILES string of the molecule is O=C(Nc1nnc(Cl)cc1-c1ccc2c(c1)OCO2)C1CC1. The number of ether oxygens (including phenoxy) is 2. The third-order valence-corrected chi connectivity index (χ3v) is 3.82. The Morgan fingerprint density at radius 2 is 2.00 bits per heavy atom. The van der Waals surface area contributed by atoms with Crippen LogP contribution in [-0.2, 0) is 4.79 Å². The highest BCUT2D eigenvalue weighted by Crippen LogP contribution is 2.38. The molecular weight excluding hydrogens is 306 g/mol. The van der Waals surface area contributed by atoms with E-state index in [1.165, 1.54) is 0 Å². The summed E-state index contributed by atoms with van der Waals surface area (Å²) in [6.45, 7) is 0.208. The molecule has 1 saturated carbocycles. The summed E-state index contributed by atoms with van der Waals surface area (Å²) >= 11 is 5.95. The summed E-state index contributed by atoms with van der Waals surface area (Å²) in [4.78, 5) is 12.0. The van der Waals surface area contributed by atoms with Gasteiger partial charge in [0, 0.05) is 11.5 Å². The van der Waals surface area contributed by atoms with Gasteiger partial charge in [0.1, 0.15) is 0 Å². The molecule has 2 aromatic rings. The molecule has 1 aromatic heterocycles. The highest BCUT2D eigenvalue weighted by atomic mass is 35.5. The quantitative estimate of drug-likeness (QED) is 0.942. The number of hydrogen-bond donors (Lipinski definition) is 1. The van der Waals surface area contributed by atoms with E-state index in [4.69, 9.17) is 21.1 Å². The first-order valence-electron chi connectivity index (χ1n) is 6.95. The highest BCUT2D eigenvalue weighted by Gasteiger charge is 2.30. The Morgan fingerprint density at radius 1 is 1.18 bits per heavy atom. The van der Waals surface area contributed by atoms with E-state index in [1.807, 2.05) is 18.2 Å². The van der Waals surface area contributed by atoms with Gasteiger partial charge in [-0.1, -0.05) is 17.7 Å². The molecule has 0 atom stereocenters. The number of aromatic nitrogens is 2. The Balaban J connectivity index is 1.72. The van der Waals surface area contributed by atoms with Crippen molar-refractivity contribution in [3.63, 3.8) is 0 Å². The van der Waals surface area contributed by atoms with Gasteiger partial charge in [-0.15, -0.1) is 10.2 Å². The number of amides is 1. The molecular formula is C15H12ClN3O3. The molecule has 0 spiro atoms. The zero-order valence-corrected chi connectivity index (χ0v) is 12.3. The van der Waals surface area contributed by atoms with Gasteiger partial charge in [0.05, 0.1) is 0 Å². The maximum absolute atomic E-state index is 12.0. The molecule has 2 aliphatic rings. The van der Waals surface area contributed by atoms with Gasteiger partial charge in [-0.3, -0.25) is 4.79 Å². The van der Waals surface area contributed by atoms with Crippen molar-refractivity contribution in [3.05, 3.63) is 29.4 Å². The summed E-state index contributed by atoms with van der Waals surface area (Å²) in [7, 11) is 0. The number of nitrogens with zero attached hydrogens (tertiary/aromatic N) is 2. The van der Waals surface area contributed by atoms with Crippen LogP contribution in [0.25, 0.3) is 11.1 Å². The average Bonchev–Trinajstić information content (AvgIpc) is 3.27. The molecule has 6 nitrogen and oxygen atoms in total. The van der Waals surface area contributed by atoms with Gasteiger partial charge in [-0.25, -0.2) is 0 Å². The number of fused-ring (bicyclic) bond motifs is 1. The summed E-state index contributed by atoms with van der Waals surface area (Å²) in [5, 5.41) is 10.9. The van der Waals surface area contributed by atoms with Crippen molar-refractivity contribution in [3.8, 4) is 22.6 Å². The lowest BCUT2D eigenvalue weighted by Crippen LogP contribution is -2.15. The van der Waals surface area contributed by atoms with Crippen LogP contribution >= 0.6 is 11.6 Å². The molecule has 1 aliphatic carbocycles. The van der Waals surface area contributed by atoms with Gasteiger partial charge in [-0.05, 0) is 36.6 Å². The molecule has 1 fully saturated rings. The molecule has 112 valence electrons. The maximum atomic E-state index is 12.0. The number of benzene rings is 1. The Labute approximate surface area is 131 Å². The zero-order chi connectivity index (χ0) is 15.1. The van der Waals surface area contributed by atoms with Gasteiger partial charge in [0.25, 0.3) is 0 Å². The van der Waals surface area contributed by atoms with Crippen LogP contribution in [0.3, 0.4) is 0 Å². The molecule has 0 bridgehead atoms. The van der Waals surface area contributed by atoms with Crippen molar-refractivity contribution >= 4 is 23.3 Å². The van der Waals surface area contributed by atoms with E-state index in [9.17, 15) is 4.79 Å². The molecule has 7 heteroatoms. The summed E-state index contributed by atoms with van der Waals surface area (Å²) in [6.07, 6.45) is 1.85. The summed E-state index contributed by atoms with van der Waals surface area (Å²) in [5.74, 6) is 1.81. The first-order valence-corrected chi connectivity index (χ1v) is 7.32. The molecule has 1 N–H and O–H groups in total. The second kappa shape index (κ2) is 5.14. The molecule has 1 aliphatic heterocycles. The topological polar surface area (TPSA) is 73.3 Å². The lowest BCUT2D eigenvalue weighted by atomic mass is 10.1. The minimum absolute atomic E-state index is 0.0291. The Hall–Kier alpha value is -2.34. The number of anilines is 1. The van der Waals surface area contributed by atoms with E-state index in [-0.39, 0.29) is 23.8 Å². The van der Waals surface area contributed by atoms with Crippen LogP contribution in [0.5, 0.6) is 11.5 Å². The molecule has 0 unspecified atom stereocenters.